The van der Waals surface area contributed by atoms with Crippen molar-refractivity contribution in [2.24, 2.45) is 16.8 Å². The van der Waals surface area contributed by atoms with Crippen molar-refractivity contribution in [3.05, 3.63) is 12.2 Å². The summed E-state index contributed by atoms with van der Waals surface area (Å²) in [4.78, 5) is 19.4. The van der Waals surface area contributed by atoms with Gasteiger partial charge in [0.25, 0.3) is 0 Å². The summed E-state index contributed by atoms with van der Waals surface area (Å²) >= 11 is 0. The quantitative estimate of drug-likeness (QED) is 0.397. The zero-order valence-corrected chi connectivity index (χ0v) is 18.7. The molecule has 0 amide bonds. The van der Waals surface area contributed by atoms with Crippen molar-refractivity contribution in [1.82, 2.24) is 25.0 Å². The van der Waals surface area contributed by atoms with E-state index < -0.39 is 0 Å². The highest BCUT2D eigenvalue weighted by Crippen LogP contribution is 2.24. The number of carbonyl (C=O) groups is 1. The van der Waals surface area contributed by atoms with Gasteiger partial charge in [0.15, 0.2) is 5.96 Å². The van der Waals surface area contributed by atoms with Gasteiger partial charge < -0.3 is 19.5 Å². The Morgan fingerprint density at radius 1 is 1.20 bits per heavy atom. The highest BCUT2D eigenvalue weighted by atomic mass is 16.5. The van der Waals surface area contributed by atoms with Crippen molar-refractivity contribution in [3.8, 4) is 0 Å². The van der Waals surface area contributed by atoms with Gasteiger partial charge in [-0.1, -0.05) is 26.2 Å². The molecule has 8 nitrogen and oxygen atoms in total. The number of esters is 1. The first-order valence-corrected chi connectivity index (χ1v) is 11.8. The molecule has 1 aliphatic carbocycles. The van der Waals surface area contributed by atoms with Crippen molar-refractivity contribution < 1.29 is 9.53 Å². The number of ether oxygens (including phenoxy) is 1. The number of hydrogen-bond acceptors (Lipinski definition) is 5. The van der Waals surface area contributed by atoms with Gasteiger partial charge >= 0.3 is 5.97 Å². The second-order valence-corrected chi connectivity index (χ2v) is 8.40. The molecular weight excluding hydrogens is 380 g/mol. The van der Waals surface area contributed by atoms with Crippen LogP contribution in [0.4, 0.5) is 0 Å². The molecule has 1 aromatic rings. The number of piperidine rings is 1. The Labute approximate surface area is 180 Å². The molecule has 30 heavy (non-hydrogen) atoms. The predicted octanol–water partition coefficient (Wildman–Crippen LogP) is 2.64. The van der Waals surface area contributed by atoms with Gasteiger partial charge in [-0.3, -0.25) is 9.79 Å². The summed E-state index contributed by atoms with van der Waals surface area (Å²) in [5.74, 6) is 2.66. The number of guanidine groups is 1. The van der Waals surface area contributed by atoms with E-state index >= 15 is 0 Å². The molecule has 2 aliphatic rings. The standard InChI is InChI=1S/C22H38N6O2/c1-3-20-26-25-17-28(20)15-12-23-22(24-16-18-8-6-5-7-9-18)27-13-10-19(11-14-27)21(29)30-4-2/h17-19H,3-16H2,1-2H3,(H,23,24). The van der Waals surface area contributed by atoms with Crippen molar-refractivity contribution in [1.29, 1.82) is 0 Å². The summed E-state index contributed by atoms with van der Waals surface area (Å²) in [5.41, 5.74) is 0. The lowest BCUT2D eigenvalue weighted by molar-refractivity contribution is -0.149. The van der Waals surface area contributed by atoms with E-state index in [4.69, 9.17) is 9.73 Å². The van der Waals surface area contributed by atoms with Crippen molar-refractivity contribution in [3.63, 3.8) is 0 Å². The summed E-state index contributed by atoms with van der Waals surface area (Å²) in [6, 6.07) is 0. The van der Waals surface area contributed by atoms with Gasteiger partial charge in [0, 0.05) is 39.1 Å². The summed E-state index contributed by atoms with van der Waals surface area (Å²) in [6.45, 7) is 8.60. The molecule has 1 saturated carbocycles. The molecule has 1 saturated heterocycles. The third-order valence-corrected chi connectivity index (χ3v) is 6.29. The maximum atomic E-state index is 12.1. The van der Waals surface area contributed by atoms with Crippen LogP contribution in [0.25, 0.3) is 0 Å². The molecule has 0 atom stereocenters. The van der Waals surface area contributed by atoms with Crippen LogP contribution in [0.1, 0.15) is 64.6 Å². The van der Waals surface area contributed by atoms with Gasteiger partial charge in [-0.25, -0.2) is 0 Å². The third kappa shape index (κ3) is 6.44. The van der Waals surface area contributed by atoms with Crippen LogP contribution in [0.15, 0.2) is 11.3 Å². The molecule has 1 N–H and O–H groups in total. The number of likely N-dealkylation sites (tertiary alicyclic amines) is 1. The van der Waals surface area contributed by atoms with E-state index in [1.165, 1.54) is 32.1 Å². The summed E-state index contributed by atoms with van der Waals surface area (Å²) in [7, 11) is 0. The maximum Gasteiger partial charge on any atom is 0.309 e. The molecule has 2 fully saturated rings. The van der Waals surface area contributed by atoms with Crippen molar-refractivity contribution in [2.45, 2.75) is 71.8 Å². The molecule has 0 aromatic carbocycles. The van der Waals surface area contributed by atoms with Crippen LogP contribution in [0, 0.1) is 11.8 Å². The Morgan fingerprint density at radius 2 is 1.97 bits per heavy atom. The Morgan fingerprint density at radius 3 is 2.67 bits per heavy atom. The minimum atomic E-state index is -0.0505. The smallest absolute Gasteiger partial charge is 0.309 e. The minimum Gasteiger partial charge on any atom is -0.466 e. The summed E-state index contributed by atoms with van der Waals surface area (Å²) in [5, 5.41) is 11.8. The van der Waals surface area contributed by atoms with E-state index in [0.29, 0.717) is 12.5 Å². The first-order chi connectivity index (χ1) is 14.7. The first-order valence-electron chi connectivity index (χ1n) is 11.8. The number of nitrogens with zero attached hydrogens (tertiary/aromatic N) is 5. The SMILES string of the molecule is CCOC(=O)C1CCN(C(=NCC2CCCCC2)NCCn2cnnc2CC)CC1. The van der Waals surface area contributed by atoms with E-state index in [1.54, 1.807) is 6.33 Å². The van der Waals surface area contributed by atoms with Gasteiger partial charge in [0.05, 0.1) is 12.5 Å². The molecule has 168 valence electrons. The van der Waals surface area contributed by atoms with Crippen LogP contribution in [-0.2, 0) is 22.5 Å². The summed E-state index contributed by atoms with van der Waals surface area (Å²) < 4.78 is 7.31. The van der Waals surface area contributed by atoms with Crippen molar-refractivity contribution >= 4 is 11.9 Å². The van der Waals surface area contributed by atoms with Gasteiger partial charge in [0.1, 0.15) is 12.2 Å². The number of aryl methyl sites for hydroxylation is 1. The number of aromatic nitrogens is 3. The fraction of sp³-hybridized carbons (Fsp3) is 0.818. The first kappa shape index (κ1) is 22.6. The molecule has 3 rings (SSSR count). The summed E-state index contributed by atoms with van der Waals surface area (Å²) in [6.07, 6.45) is 11.0. The molecule has 0 unspecified atom stereocenters. The lowest BCUT2D eigenvalue weighted by Crippen LogP contribution is -2.47. The molecule has 0 spiro atoms. The molecule has 1 aliphatic heterocycles. The highest BCUT2D eigenvalue weighted by Gasteiger charge is 2.27. The zero-order chi connectivity index (χ0) is 21.2. The van der Waals surface area contributed by atoms with Crippen LogP contribution in [0.3, 0.4) is 0 Å². The van der Waals surface area contributed by atoms with Gasteiger partial charge in [-0.2, -0.15) is 0 Å². The Kier molecular flexibility index (Phi) is 8.96. The fourth-order valence-corrected chi connectivity index (χ4v) is 4.47. The maximum absolute atomic E-state index is 12.1. The van der Waals surface area contributed by atoms with Crippen molar-refractivity contribution in [2.75, 3.05) is 32.8 Å². The molecule has 0 radical (unpaired) electrons. The number of rotatable bonds is 8. The lowest BCUT2D eigenvalue weighted by Gasteiger charge is -2.34. The number of hydrogen-bond donors (Lipinski definition) is 1. The second-order valence-electron chi connectivity index (χ2n) is 8.40. The van der Waals surface area contributed by atoms with E-state index in [0.717, 1.165) is 63.8 Å². The van der Waals surface area contributed by atoms with Gasteiger partial charge in [-0.05, 0) is 38.5 Å². The van der Waals surface area contributed by atoms with Gasteiger partial charge in [0.2, 0.25) is 0 Å². The number of nitrogens with one attached hydrogen (secondary N) is 1. The Balaban J connectivity index is 1.57. The molecule has 2 heterocycles. The van der Waals surface area contributed by atoms with Gasteiger partial charge in [-0.15, -0.1) is 10.2 Å². The highest BCUT2D eigenvalue weighted by molar-refractivity contribution is 5.80. The average Bonchev–Trinajstić information content (AvgIpc) is 3.24. The normalized spacial score (nSPS) is 19.1. The van der Waals surface area contributed by atoms with E-state index in [-0.39, 0.29) is 11.9 Å². The molecular formula is C22H38N6O2. The third-order valence-electron chi connectivity index (χ3n) is 6.29. The number of carbonyl (C=O) groups excluding carboxylic acids is 1. The van der Waals surface area contributed by atoms with E-state index in [1.807, 2.05) is 6.92 Å². The van der Waals surface area contributed by atoms with E-state index in [9.17, 15) is 4.79 Å². The molecule has 1 aromatic heterocycles. The Bertz CT molecular complexity index is 675. The minimum absolute atomic E-state index is 0.0185. The largest absolute Gasteiger partial charge is 0.466 e. The second kappa shape index (κ2) is 11.9. The van der Waals surface area contributed by atoms with Crippen LogP contribution >= 0.6 is 0 Å². The Hall–Kier alpha value is -2.12. The van der Waals surface area contributed by atoms with Crippen LogP contribution in [0.2, 0.25) is 0 Å². The van der Waals surface area contributed by atoms with E-state index in [2.05, 4.69) is 31.9 Å². The number of aliphatic imine (C=N–C) groups is 1. The zero-order valence-electron chi connectivity index (χ0n) is 18.7. The average molecular weight is 419 g/mol. The van der Waals surface area contributed by atoms with Crippen LogP contribution in [-0.4, -0.2) is 64.4 Å². The molecule has 8 heteroatoms. The topological polar surface area (TPSA) is 84.6 Å². The molecule has 0 bridgehead atoms. The van der Waals surface area contributed by atoms with Crippen LogP contribution < -0.4 is 5.32 Å². The fourth-order valence-electron chi connectivity index (χ4n) is 4.47. The predicted molar refractivity (Wildman–Crippen MR) is 117 cm³/mol. The lowest BCUT2D eigenvalue weighted by atomic mass is 9.89. The monoisotopic (exact) mass is 418 g/mol. The van der Waals surface area contributed by atoms with Crippen LogP contribution in [0.5, 0.6) is 0 Å².